The Morgan fingerprint density at radius 3 is 2.09 bits per heavy atom. The molecule has 0 radical (unpaired) electrons. The second kappa shape index (κ2) is 13.6. The Morgan fingerprint density at radius 1 is 0.818 bits per heavy atom. The van der Waals surface area contributed by atoms with Crippen LogP contribution in [0.3, 0.4) is 0 Å². The predicted octanol–water partition coefficient (Wildman–Crippen LogP) is 3.78. The van der Waals surface area contributed by atoms with Crippen molar-refractivity contribution in [2.24, 2.45) is 0 Å². The molecule has 4 aromatic rings. The third-order valence-corrected chi connectivity index (χ3v) is 7.20. The van der Waals surface area contributed by atoms with E-state index < -0.39 is 36.1 Å². The van der Waals surface area contributed by atoms with Crippen molar-refractivity contribution in [3.63, 3.8) is 0 Å². The fraction of sp³-hybridized carbons (Fsp3) is 0.188. The first-order valence-electron chi connectivity index (χ1n) is 13.9. The van der Waals surface area contributed by atoms with Gasteiger partial charge in [-0.1, -0.05) is 12.1 Å². The fourth-order valence-corrected chi connectivity index (χ4v) is 4.93. The minimum Gasteiger partial charge on any atom is -0.481 e. The number of aliphatic carboxylic acids is 1. The molecule has 1 aliphatic heterocycles. The zero-order chi connectivity index (χ0) is 31.1. The number of halogens is 1. The molecule has 0 saturated carbocycles. The van der Waals surface area contributed by atoms with E-state index in [1.54, 1.807) is 53.7 Å². The van der Waals surface area contributed by atoms with Gasteiger partial charge in [-0.3, -0.25) is 29.1 Å². The third-order valence-electron chi connectivity index (χ3n) is 7.20. The highest BCUT2D eigenvalue weighted by atomic mass is 19.1. The summed E-state index contributed by atoms with van der Waals surface area (Å²) in [6.45, 7) is 1.80. The standard InChI is InChI=1S/C32H29FN6O5/c33-25-8-5-21(6-9-25)26(18-29(40)41)36-30(42)22-7-10-28(27(17-22)37-31(43)23-3-1-11-34-19-23)38-13-15-39(16-14-38)32(44)24-4-2-12-35-20-24/h1-12,17,19-20,26H,13-16,18H2,(H,36,42)(H,37,43)(H,40,41). The van der Waals surface area contributed by atoms with Crippen LogP contribution < -0.4 is 15.5 Å². The second-order valence-electron chi connectivity index (χ2n) is 10.1. The zero-order valence-electron chi connectivity index (χ0n) is 23.5. The van der Waals surface area contributed by atoms with E-state index in [4.69, 9.17) is 0 Å². The van der Waals surface area contributed by atoms with Gasteiger partial charge in [-0.05, 0) is 60.2 Å². The molecule has 1 saturated heterocycles. The van der Waals surface area contributed by atoms with Crippen LogP contribution in [0.25, 0.3) is 0 Å². The summed E-state index contributed by atoms with van der Waals surface area (Å²) >= 11 is 0. The van der Waals surface area contributed by atoms with Crippen molar-refractivity contribution in [2.45, 2.75) is 12.5 Å². The molecule has 44 heavy (non-hydrogen) atoms. The number of piperazine rings is 1. The molecule has 224 valence electrons. The smallest absolute Gasteiger partial charge is 0.305 e. The molecule has 0 bridgehead atoms. The van der Waals surface area contributed by atoms with Crippen molar-refractivity contribution in [3.8, 4) is 0 Å². The fourth-order valence-electron chi connectivity index (χ4n) is 4.93. The molecule has 3 N–H and O–H groups in total. The zero-order valence-corrected chi connectivity index (χ0v) is 23.5. The van der Waals surface area contributed by atoms with E-state index in [1.807, 2.05) is 4.90 Å². The largest absolute Gasteiger partial charge is 0.481 e. The van der Waals surface area contributed by atoms with Gasteiger partial charge in [0.05, 0.1) is 35.0 Å². The molecule has 5 rings (SSSR count). The number of benzene rings is 2. The molecule has 11 nitrogen and oxygen atoms in total. The second-order valence-corrected chi connectivity index (χ2v) is 10.1. The van der Waals surface area contributed by atoms with Crippen molar-refractivity contribution in [3.05, 3.63) is 120 Å². The Bertz CT molecular complexity index is 1650. The van der Waals surface area contributed by atoms with E-state index in [-0.39, 0.29) is 11.5 Å². The maximum atomic E-state index is 13.5. The highest BCUT2D eigenvalue weighted by Gasteiger charge is 2.26. The molecule has 1 atom stereocenters. The van der Waals surface area contributed by atoms with Crippen molar-refractivity contribution in [1.82, 2.24) is 20.2 Å². The maximum Gasteiger partial charge on any atom is 0.305 e. The lowest BCUT2D eigenvalue weighted by Crippen LogP contribution is -2.49. The molecule has 0 aliphatic carbocycles. The maximum absolute atomic E-state index is 13.5. The molecular weight excluding hydrogens is 567 g/mol. The number of nitrogens with one attached hydrogen (secondary N) is 2. The van der Waals surface area contributed by atoms with Crippen LogP contribution in [0.2, 0.25) is 0 Å². The van der Waals surface area contributed by atoms with Crippen molar-refractivity contribution in [2.75, 3.05) is 36.4 Å². The van der Waals surface area contributed by atoms with Crippen LogP contribution >= 0.6 is 0 Å². The number of carbonyl (C=O) groups excluding carboxylic acids is 3. The molecule has 1 aliphatic rings. The minimum atomic E-state index is -1.14. The van der Waals surface area contributed by atoms with Gasteiger partial charge in [0.1, 0.15) is 5.82 Å². The molecule has 2 aromatic carbocycles. The normalized spacial score (nSPS) is 13.6. The number of carboxylic acids is 1. The van der Waals surface area contributed by atoms with E-state index in [0.717, 1.165) is 0 Å². The summed E-state index contributed by atoms with van der Waals surface area (Å²) in [6, 6.07) is 15.8. The molecule has 2 aromatic heterocycles. The van der Waals surface area contributed by atoms with Crippen LogP contribution in [0.1, 0.15) is 49.1 Å². The summed E-state index contributed by atoms with van der Waals surface area (Å²) < 4.78 is 13.5. The number of aromatic nitrogens is 2. The van der Waals surface area contributed by atoms with Gasteiger partial charge < -0.3 is 25.5 Å². The van der Waals surface area contributed by atoms with Gasteiger partial charge >= 0.3 is 5.97 Å². The van der Waals surface area contributed by atoms with Gasteiger partial charge in [0.25, 0.3) is 17.7 Å². The molecule has 3 heterocycles. The van der Waals surface area contributed by atoms with E-state index in [9.17, 15) is 28.7 Å². The average Bonchev–Trinajstić information content (AvgIpc) is 3.05. The molecule has 12 heteroatoms. The lowest BCUT2D eigenvalue weighted by molar-refractivity contribution is -0.137. The van der Waals surface area contributed by atoms with Gasteiger partial charge in [0, 0.05) is 56.5 Å². The van der Waals surface area contributed by atoms with Crippen LogP contribution in [0.15, 0.2) is 91.5 Å². The number of hydrogen-bond donors (Lipinski definition) is 3. The molecular formula is C32H29FN6O5. The number of hydrogen-bond acceptors (Lipinski definition) is 7. The van der Waals surface area contributed by atoms with Gasteiger partial charge in [0.15, 0.2) is 0 Å². The van der Waals surface area contributed by atoms with E-state index in [2.05, 4.69) is 20.6 Å². The number of rotatable bonds is 9. The SMILES string of the molecule is O=C(O)CC(NC(=O)c1ccc(N2CCN(C(=O)c3cccnc3)CC2)c(NC(=O)c2cccnc2)c1)c1ccc(F)cc1. The summed E-state index contributed by atoms with van der Waals surface area (Å²) in [5.74, 6) is -2.75. The van der Waals surface area contributed by atoms with Gasteiger partial charge in [0.2, 0.25) is 0 Å². The van der Waals surface area contributed by atoms with Crippen LogP contribution in [-0.4, -0.2) is 69.8 Å². The summed E-state index contributed by atoms with van der Waals surface area (Å²) in [4.78, 5) is 62.7. The summed E-state index contributed by atoms with van der Waals surface area (Å²) in [7, 11) is 0. The van der Waals surface area contributed by atoms with Crippen LogP contribution in [0, 0.1) is 5.82 Å². The summed E-state index contributed by atoms with van der Waals surface area (Å²) in [5, 5.41) is 15.0. The average molecular weight is 597 g/mol. The Balaban J connectivity index is 1.38. The van der Waals surface area contributed by atoms with Crippen molar-refractivity contribution < 1.29 is 28.7 Å². The first kappa shape index (κ1) is 29.8. The van der Waals surface area contributed by atoms with E-state index >= 15 is 0 Å². The molecule has 3 amide bonds. The van der Waals surface area contributed by atoms with E-state index in [1.165, 1.54) is 42.7 Å². The third kappa shape index (κ3) is 7.21. The first-order valence-corrected chi connectivity index (χ1v) is 13.9. The van der Waals surface area contributed by atoms with Gasteiger partial charge in [-0.25, -0.2) is 4.39 Å². The summed E-state index contributed by atoms with van der Waals surface area (Å²) in [5.41, 5.74) is 2.43. The lowest BCUT2D eigenvalue weighted by atomic mass is 10.0. The van der Waals surface area contributed by atoms with Crippen molar-refractivity contribution >= 4 is 35.1 Å². The Kier molecular flexibility index (Phi) is 9.19. The van der Waals surface area contributed by atoms with Gasteiger partial charge in [-0.2, -0.15) is 0 Å². The van der Waals surface area contributed by atoms with Crippen LogP contribution in [0.4, 0.5) is 15.8 Å². The highest BCUT2D eigenvalue weighted by molar-refractivity contribution is 6.07. The minimum absolute atomic E-state index is 0.119. The first-order chi connectivity index (χ1) is 21.3. The van der Waals surface area contributed by atoms with Crippen LogP contribution in [-0.2, 0) is 4.79 Å². The Morgan fingerprint density at radius 2 is 1.48 bits per heavy atom. The quantitative estimate of drug-likeness (QED) is 0.265. The molecule has 1 unspecified atom stereocenters. The van der Waals surface area contributed by atoms with E-state index in [0.29, 0.717) is 54.2 Å². The predicted molar refractivity (Wildman–Crippen MR) is 160 cm³/mol. The number of nitrogens with zero attached hydrogens (tertiary/aromatic N) is 4. The highest BCUT2D eigenvalue weighted by Crippen LogP contribution is 2.30. The topological polar surface area (TPSA) is 145 Å². The number of anilines is 2. The number of carboxylic acid groups (broad SMARTS) is 1. The number of amides is 3. The Labute approximate surface area is 252 Å². The molecule has 0 spiro atoms. The number of pyridine rings is 2. The lowest BCUT2D eigenvalue weighted by Gasteiger charge is -2.37. The van der Waals surface area contributed by atoms with Gasteiger partial charge in [-0.15, -0.1) is 0 Å². The molecule has 1 fully saturated rings. The monoisotopic (exact) mass is 596 g/mol. The number of carbonyl (C=O) groups is 4. The summed E-state index contributed by atoms with van der Waals surface area (Å²) in [6.07, 6.45) is 5.69. The van der Waals surface area contributed by atoms with Crippen molar-refractivity contribution in [1.29, 1.82) is 0 Å². The Hall–Kier alpha value is -5.65. The van der Waals surface area contributed by atoms with Crippen LogP contribution in [0.5, 0.6) is 0 Å².